The zero-order valence-corrected chi connectivity index (χ0v) is 23.8. The molecule has 10 unspecified atom stereocenters. The van der Waals surface area contributed by atoms with Gasteiger partial charge < -0.3 is 23.4 Å². The Balaban J connectivity index is 1.22. The summed E-state index contributed by atoms with van der Waals surface area (Å²) in [6.45, 7) is 6.14. The van der Waals surface area contributed by atoms with Crippen molar-refractivity contribution in [1.29, 1.82) is 0 Å². The van der Waals surface area contributed by atoms with Crippen LogP contribution in [0.3, 0.4) is 0 Å². The lowest BCUT2D eigenvalue weighted by Crippen LogP contribution is -2.58. The Morgan fingerprint density at radius 1 is 0.975 bits per heavy atom. The van der Waals surface area contributed by atoms with Gasteiger partial charge in [-0.25, -0.2) is 4.79 Å². The third-order valence-electron chi connectivity index (χ3n) is 11.5. The van der Waals surface area contributed by atoms with Crippen molar-refractivity contribution >= 4 is 17.9 Å². The van der Waals surface area contributed by atoms with Crippen LogP contribution in [0.25, 0.3) is 0 Å². The van der Waals surface area contributed by atoms with Crippen LogP contribution in [-0.4, -0.2) is 48.9 Å². The van der Waals surface area contributed by atoms with E-state index < -0.39 is 17.7 Å². The van der Waals surface area contributed by atoms with Crippen molar-refractivity contribution < 1.29 is 37.7 Å². The largest absolute Gasteiger partial charge is 0.469 e. The topological polar surface area (TPSA) is 122 Å². The fourth-order valence-electron chi connectivity index (χ4n) is 9.74. The van der Waals surface area contributed by atoms with Crippen molar-refractivity contribution in [1.82, 2.24) is 0 Å². The molecule has 0 N–H and O–H groups in total. The number of carbonyl (C=O) groups excluding carboxylic acids is 3. The standard InChI is InChI=1S/C31H40O9/c1-17(32)38-27-26(18-5-8-24(34)37-16-18)30(3)14-12-21-22(31(30)28(27)40-31)7-6-19-15-20(11-13-29(19,21)2)39-25(35)10-9-23(33)36-4/h5,8,16,19-22,26-28H,6-7,9-15H2,1-4H3. The molecule has 5 fully saturated rings. The Labute approximate surface area is 234 Å². The Morgan fingerprint density at radius 2 is 1.75 bits per heavy atom. The maximum absolute atomic E-state index is 12.4. The minimum absolute atomic E-state index is 0.0411. The molecule has 1 aromatic heterocycles. The number of methoxy groups -OCH3 is 1. The summed E-state index contributed by atoms with van der Waals surface area (Å²) in [5.74, 6) is 0.0835. The van der Waals surface area contributed by atoms with Crippen LogP contribution in [0, 0.1) is 28.6 Å². The highest BCUT2D eigenvalue weighted by molar-refractivity contribution is 5.77. The molecule has 9 heteroatoms. The molecule has 10 atom stereocenters. The van der Waals surface area contributed by atoms with Gasteiger partial charge in [-0.1, -0.05) is 13.8 Å². The molecule has 1 aromatic rings. The summed E-state index contributed by atoms with van der Waals surface area (Å²) >= 11 is 0. The fraction of sp³-hybridized carbons (Fsp3) is 0.742. The third-order valence-corrected chi connectivity index (χ3v) is 11.5. The van der Waals surface area contributed by atoms with E-state index in [1.807, 2.05) is 6.07 Å². The minimum Gasteiger partial charge on any atom is -0.469 e. The van der Waals surface area contributed by atoms with E-state index >= 15 is 0 Å². The van der Waals surface area contributed by atoms with Gasteiger partial charge in [0.15, 0.2) is 0 Å². The van der Waals surface area contributed by atoms with Gasteiger partial charge in [-0.05, 0) is 79.7 Å². The van der Waals surface area contributed by atoms with Gasteiger partial charge in [0.1, 0.15) is 23.9 Å². The van der Waals surface area contributed by atoms with E-state index in [0.717, 1.165) is 50.5 Å². The molecule has 5 aliphatic rings. The van der Waals surface area contributed by atoms with Crippen LogP contribution in [0.1, 0.15) is 90.0 Å². The summed E-state index contributed by atoms with van der Waals surface area (Å²) in [5, 5.41) is 0. The van der Waals surface area contributed by atoms with Gasteiger partial charge >= 0.3 is 23.5 Å². The van der Waals surface area contributed by atoms with Crippen LogP contribution < -0.4 is 5.63 Å². The zero-order valence-electron chi connectivity index (χ0n) is 23.8. The van der Waals surface area contributed by atoms with Crippen molar-refractivity contribution in [2.75, 3.05) is 7.11 Å². The number of hydrogen-bond donors (Lipinski definition) is 0. The lowest BCUT2D eigenvalue weighted by atomic mass is 9.44. The molecule has 218 valence electrons. The van der Waals surface area contributed by atoms with Crippen molar-refractivity contribution in [2.24, 2.45) is 28.6 Å². The van der Waals surface area contributed by atoms with Crippen molar-refractivity contribution in [3.63, 3.8) is 0 Å². The molecule has 0 amide bonds. The Morgan fingerprint density at radius 3 is 2.45 bits per heavy atom. The Bertz CT molecular complexity index is 1230. The summed E-state index contributed by atoms with van der Waals surface area (Å²) in [6, 6.07) is 3.26. The monoisotopic (exact) mass is 556 g/mol. The van der Waals surface area contributed by atoms with Gasteiger partial charge in [0, 0.05) is 24.3 Å². The minimum atomic E-state index is -0.417. The van der Waals surface area contributed by atoms with Gasteiger partial charge in [-0.2, -0.15) is 0 Å². The van der Waals surface area contributed by atoms with Crippen LogP contribution in [0.4, 0.5) is 0 Å². The van der Waals surface area contributed by atoms with E-state index in [9.17, 15) is 19.2 Å². The van der Waals surface area contributed by atoms with Gasteiger partial charge in [-0.3, -0.25) is 14.4 Å². The van der Waals surface area contributed by atoms with Gasteiger partial charge in [0.2, 0.25) is 0 Å². The Hall–Kier alpha value is -2.68. The second kappa shape index (κ2) is 9.71. The smallest absolute Gasteiger partial charge is 0.335 e. The third kappa shape index (κ3) is 4.05. The second-order valence-electron chi connectivity index (χ2n) is 13.2. The summed E-state index contributed by atoms with van der Waals surface area (Å²) in [7, 11) is 1.32. The zero-order chi connectivity index (χ0) is 28.4. The van der Waals surface area contributed by atoms with E-state index in [1.54, 1.807) is 0 Å². The molecule has 0 aromatic carbocycles. The molecule has 0 bridgehead atoms. The molecule has 2 heterocycles. The molecule has 4 saturated carbocycles. The summed E-state index contributed by atoms with van der Waals surface area (Å²) in [6.07, 6.45) is 7.59. The van der Waals surface area contributed by atoms with Gasteiger partial charge in [-0.15, -0.1) is 0 Å². The number of ether oxygens (including phenoxy) is 4. The van der Waals surface area contributed by atoms with Crippen LogP contribution in [-0.2, 0) is 33.3 Å². The molecule has 40 heavy (non-hydrogen) atoms. The molecule has 4 aliphatic carbocycles. The SMILES string of the molecule is COC(=O)CCC(=O)OC1CCC2(C)C(CCC3C2CCC2(C)C(c4ccc(=O)oc4)C(OC(C)=O)C4OC342)C1. The van der Waals surface area contributed by atoms with Crippen molar-refractivity contribution in [3.8, 4) is 0 Å². The highest BCUT2D eigenvalue weighted by Gasteiger charge is 2.84. The maximum Gasteiger partial charge on any atom is 0.335 e. The average molecular weight is 557 g/mol. The van der Waals surface area contributed by atoms with E-state index in [4.69, 9.17) is 18.6 Å². The number of carbonyl (C=O) groups is 3. The number of esters is 3. The van der Waals surface area contributed by atoms with Crippen molar-refractivity contribution in [3.05, 3.63) is 34.4 Å². The molecular weight excluding hydrogens is 516 g/mol. The maximum atomic E-state index is 12.4. The number of fused-ring (bicyclic) bond motifs is 3. The summed E-state index contributed by atoms with van der Waals surface area (Å²) < 4.78 is 28.3. The predicted molar refractivity (Wildman–Crippen MR) is 141 cm³/mol. The first-order valence-corrected chi connectivity index (χ1v) is 14.7. The lowest BCUT2D eigenvalue weighted by Gasteiger charge is -2.61. The summed E-state index contributed by atoms with van der Waals surface area (Å²) in [4.78, 5) is 47.7. The molecule has 1 spiro atoms. The normalized spacial score (nSPS) is 42.9. The second-order valence-corrected chi connectivity index (χ2v) is 13.2. The highest BCUT2D eigenvalue weighted by Crippen LogP contribution is 2.78. The van der Waals surface area contributed by atoms with Crippen molar-refractivity contribution in [2.45, 2.75) is 108 Å². The molecule has 6 rings (SSSR count). The van der Waals surface area contributed by atoms with E-state index in [1.165, 1.54) is 26.4 Å². The number of hydrogen-bond acceptors (Lipinski definition) is 9. The van der Waals surface area contributed by atoms with E-state index in [0.29, 0.717) is 17.8 Å². The Kier molecular flexibility index (Phi) is 6.67. The van der Waals surface area contributed by atoms with E-state index in [-0.39, 0.29) is 59.3 Å². The first kappa shape index (κ1) is 27.5. The highest BCUT2D eigenvalue weighted by atomic mass is 16.7. The van der Waals surface area contributed by atoms with Crippen LogP contribution in [0.2, 0.25) is 0 Å². The molecule has 9 nitrogen and oxygen atoms in total. The summed E-state index contributed by atoms with van der Waals surface area (Å²) in [5.41, 5.74) is -0.0294. The van der Waals surface area contributed by atoms with Crippen LogP contribution in [0.5, 0.6) is 0 Å². The quantitative estimate of drug-likeness (QED) is 0.287. The number of rotatable bonds is 6. The first-order chi connectivity index (χ1) is 19.0. The fourth-order valence-corrected chi connectivity index (χ4v) is 9.74. The number of epoxide rings is 1. The average Bonchev–Trinajstić information content (AvgIpc) is 3.62. The van der Waals surface area contributed by atoms with E-state index in [2.05, 4.69) is 18.6 Å². The van der Waals surface area contributed by atoms with Gasteiger partial charge in [0.05, 0.1) is 26.2 Å². The molecule has 0 radical (unpaired) electrons. The predicted octanol–water partition coefficient (Wildman–Crippen LogP) is 4.30. The molecule has 1 aliphatic heterocycles. The lowest BCUT2D eigenvalue weighted by molar-refractivity contribution is -0.168. The first-order valence-electron chi connectivity index (χ1n) is 14.7. The van der Waals surface area contributed by atoms with Crippen LogP contribution in [0.15, 0.2) is 27.6 Å². The van der Waals surface area contributed by atoms with Crippen LogP contribution >= 0.6 is 0 Å². The molecule has 1 saturated heterocycles. The molecular formula is C31H40O9. The van der Waals surface area contributed by atoms with Gasteiger partial charge in [0.25, 0.3) is 0 Å².